The molecular weight excluding hydrogens is 913 g/mol. The number of hydrogen-bond acceptors (Lipinski definition) is 6. The van der Waals surface area contributed by atoms with Crippen molar-refractivity contribution in [2.75, 3.05) is 13.2 Å². The zero-order valence-corrected chi connectivity index (χ0v) is 49.9. The van der Waals surface area contributed by atoms with Crippen LogP contribution in [-0.2, 0) is 28.6 Å². The minimum atomic E-state index is -0.777. The molecule has 0 aliphatic carbocycles. The Morgan fingerprint density at radius 3 is 0.811 bits per heavy atom. The smallest absolute Gasteiger partial charge is 0.306 e. The highest BCUT2D eigenvalue weighted by atomic mass is 16.6. The average Bonchev–Trinajstić information content (AvgIpc) is 3.40. The Morgan fingerprint density at radius 2 is 0.514 bits per heavy atom. The minimum absolute atomic E-state index is 0.0732. The molecule has 0 saturated carbocycles. The maximum Gasteiger partial charge on any atom is 0.306 e. The molecule has 0 spiro atoms. The van der Waals surface area contributed by atoms with E-state index in [9.17, 15) is 14.4 Å². The van der Waals surface area contributed by atoms with Gasteiger partial charge in [-0.1, -0.05) is 308 Å². The summed E-state index contributed by atoms with van der Waals surface area (Å²) in [6.07, 6.45) is 77.3. The molecule has 1 unspecified atom stereocenters. The summed E-state index contributed by atoms with van der Waals surface area (Å²) >= 11 is 0. The van der Waals surface area contributed by atoms with Crippen molar-refractivity contribution in [1.82, 2.24) is 0 Å². The number of ether oxygens (including phenoxy) is 3. The van der Waals surface area contributed by atoms with Gasteiger partial charge in [-0.2, -0.15) is 0 Å². The molecule has 1 atom stereocenters. The zero-order valence-electron chi connectivity index (χ0n) is 49.9. The van der Waals surface area contributed by atoms with Crippen LogP contribution in [0.2, 0.25) is 0 Å². The summed E-state index contributed by atoms with van der Waals surface area (Å²) in [5.74, 6) is -0.866. The van der Waals surface area contributed by atoms with Crippen molar-refractivity contribution in [3.05, 3.63) is 36.5 Å². The highest BCUT2D eigenvalue weighted by molar-refractivity contribution is 5.71. The van der Waals surface area contributed by atoms with Crippen molar-refractivity contribution < 1.29 is 28.6 Å². The second kappa shape index (κ2) is 63.2. The second-order valence-electron chi connectivity index (χ2n) is 22.4. The van der Waals surface area contributed by atoms with Gasteiger partial charge in [-0.25, -0.2) is 0 Å². The van der Waals surface area contributed by atoms with Gasteiger partial charge in [-0.05, 0) is 70.6 Å². The molecule has 6 heteroatoms. The lowest BCUT2D eigenvalue weighted by Crippen LogP contribution is -2.30. The molecule has 434 valence electrons. The quantitative estimate of drug-likeness (QED) is 0.0261. The van der Waals surface area contributed by atoms with E-state index in [0.717, 1.165) is 83.5 Å². The third-order valence-corrected chi connectivity index (χ3v) is 14.8. The molecule has 0 radical (unpaired) electrons. The highest BCUT2D eigenvalue weighted by Gasteiger charge is 2.19. The van der Waals surface area contributed by atoms with E-state index in [4.69, 9.17) is 14.2 Å². The van der Waals surface area contributed by atoms with Gasteiger partial charge >= 0.3 is 17.9 Å². The van der Waals surface area contributed by atoms with E-state index in [1.54, 1.807) is 0 Å². The summed E-state index contributed by atoms with van der Waals surface area (Å²) in [5.41, 5.74) is 0. The molecule has 74 heavy (non-hydrogen) atoms. The molecule has 0 aromatic rings. The molecule has 0 saturated heterocycles. The fourth-order valence-electron chi connectivity index (χ4n) is 9.89. The van der Waals surface area contributed by atoms with Gasteiger partial charge in [0.05, 0.1) is 0 Å². The van der Waals surface area contributed by atoms with E-state index in [2.05, 4.69) is 57.2 Å². The molecule has 0 fully saturated rings. The summed E-state index contributed by atoms with van der Waals surface area (Å²) in [7, 11) is 0. The van der Waals surface area contributed by atoms with Crippen molar-refractivity contribution in [2.45, 2.75) is 367 Å². The molecule has 0 rings (SSSR count). The van der Waals surface area contributed by atoms with Gasteiger partial charge in [-0.15, -0.1) is 0 Å². The number of hydrogen-bond donors (Lipinski definition) is 0. The van der Waals surface area contributed by atoms with Gasteiger partial charge in [0.1, 0.15) is 13.2 Å². The molecule has 0 bridgehead atoms. The van der Waals surface area contributed by atoms with E-state index >= 15 is 0 Å². The number of carbonyl (C=O) groups excluding carboxylic acids is 3. The Kier molecular flexibility index (Phi) is 61.1. The van der Waals surface area contributed by atoms with Gasteiger partial charge in [0, 0.05) is 19.3 Å². The maximum atomic E-state index is 12.9. The molecule has 0 aromatic carbocycles. The Bertz CT molecular complexity index is 1240. The second-order valence-corrected chi connectivity index (χ2v) is 22.4. The van der Waals surface area contributed by atoms with Crippen molar-refractivity contribution in [2.24, 2.45) is 0 Å². The van der Waals surface area contributed by atoms with Gasteiger partial charge in [0.2, 0.25) is 0 Å². The van der Waals surface area contributed by atoms with Crippen LogP contribution in [0.4, 0.5) is 0 Å². The summed E-state index contributed by atoms with van der Waals surface area (Å²) < 4.78 is 16.9. The largest absolute Gasteiger partial charge is 0.462 e. The molecule has 6 nitrogen and oxygen atoms in total. The minimum Gasteiger partial charge on any atom is -0.462 e. The number of rotatable bonds is 61. The Morgan fingerprint density at radius 1 is 0.270 bits per heavy atom. The van der Waals surface area contributed by atoms with Crippen LogP contribution in [0.15, 0.2) is 36.5 Å². The van der Waals surface area contributed by atoms with Crippen LogP contribution in [0.3, 0.4) is 0 Å². The molecule has 0 aliphatic heterocycles. The lowest BCUT2D eigenvalue weighted by Gasteiger charge is -2.18. The van der Waals surface area contributed by atoms with Crippen LogP contribution in [0.5, 0.6) is 0 Å². The average molecular weight is 1040 g/mol. The third-order valence-electron chi connectivity index (χ3n) is 14.8. The van der Waals surface area contributed by atoms with Crippen LogP contribution in [0.25, 0.3) is 0 Å². The number of esters is 3. The van der Waals surface area contributed by atoms with Crippen molar-refractivity contribution >= 4 is 17.9 Å². The molecule has 0 heterocycles. The predicted molar refractivity (Wildman–Crippen MR) is 321 cm³/mol. The lowest BCUT2D eigenvalue weighted by molar-refractivity contribution is -0.167. The van der Waals surface area contributed by atoms with E-state index in [0.29, 0.717) is 19.3 Å². The lowest BCUT2D eigenvalue weighted by atomic mass is 10.0. The molecule has 0 aromatic heterocycles. The van der Waals surface area contributed by atoms with E-state index < -0.39 is 6.10 Å². The maximum absolute atomic E-state index is 12.9. The molecular formula is C68H126O6. The first-order chi connectivity index (χ1) is 36.5. The topological polar surface area (TPSA) is 78.9 Å². The van der Waals surface area contributed by atoms with Gasteiger partial charge in [0.15, 0.2) is 6.10 Å². The van der Waals surface area contributed by atoms with Crippen LogP contribution >= 0.6 is 0 Å². The summed E-state index contributed by atoms with van der Waals surface area (Å²) in [6.45, 7) is 6.63. The summed E-state index contributed by atoms with van der Waals surface area (Å²) in [4.78, 5) is 38.3. The first kappa shape index (κ1) is 71.6. The molecule has 0 N–H and O–H groups in total. The fraction of sp³-hybridized carbons (Fsp3) is 0.868. The SMILES string of the molecule is CCC/C=C\C/C=C\CCCCCCCC(=O)OCC(COC(=O)CCCCCCCCCCCCCCCCCCCCCCCC)OC(=O)CCCCCCCCCCC/C=C\CCCCCCCCCC. The number of unbranched alkanes of at least 4 members (excludes halogenated alkanes) is 44. The van der Waals surface area contributed by atoms with Gasteiger partial charge in [0.25, 0.3) is 0 Å². The fourth-order valence-corrected chi connectivity index (χ4v) is 9.89. The monoisotopic (exact) mass is 1040 g/mol. The predicted octanol–water partition coefficient (Wildman–Crippen LogP) is 22.4. The third kappa shape index (κ3) is 60.5. The molecule has 0 aliphatic rings. The van der Waals surface area contributed by atoms with Crippen molar-refractivity contribution in [3.8, 4) is 0 Å². The van der Waals surface area contributed by atoms with E-state index in [1.165, 1.54) is 238 Å². The first-order valence-corrected chi connectivity index (χ1v) is 33.0. The van der Waals surface area contributed by atoms with Crippen molar-refractivity contribution in [1.29, 1.82) is 0 Å². The zero-order chi connectivity index (χ0) is 53.6. The normalized spacial score (nSPS) is 12.2. The summed E-state index contributed by atoms with van der Waals surface area (Å²) in [5, 5.41) is 0. The Balaban J connectivity index is 4.27. The van der Waals surface area contributed by atoms with Crippen molar-refractivity contribution in [3.63, 3.8) is 0 Å². The number of allylic oxidation sites excluding steroid dienone is 6. The standard InChI is InChI=1S/C68H126O6/c1-4-7-10-13-16-19-22-25-27-29-31-33-35-36-38-40-43-46-49-52-55-58-61-67(70)73-64-65(63-72-66(69)60-57-54-51-48-45-42-24-21-18-15-12-9-6-3)74-68(71)62-59-56-53-50-47-44-41-39-37-34-32-30-28-26-23-20-17-14-11-8-5-2/h12,15,21,24,30,32,65H,4-11,13-14,16-20,22-23,25-29,31,33-64H2,1-3H3/b15-12-,24-21-,32-30-. The van der Waals surface area contributed by atoms with Gasteiger partial charge in [-0.3, -0.25) is 14.4 Å². The molecule has 0 amide bonds. The van der Waals surface area contributed by atoms with E-state index in [-0.39, 0.29) is 31.1 Å². The first-order valence-electron chi connectivity index (χ1n) is 33.0. The van der Waals surface area contributed by atoms with Crippen LogP contribution in [0, 0.1) is 0 Å². The van der Waals surface area contributed by atoms with Crippen LogP contribution < -0.4 is 0 Å². The van der Waals surface area contributed by atoms with E-state index in [1.807, 2.05) is 0 Å². The Hall–Kier alpha value is -2.37. The summed E-state index contributed by atoms with van der Waals surface area (Å²) in [6, 6.07) is 0. The van der Waals surface area contributed by atoms with Crippen LogP contribution in [0.1, 0.15) is 361 Å². The Labute approximate surface area is 461 Å². The number of carbonyl (C=O) groups is 3. The highest BCUT2D eigenvalue weighted by Crippen LogP contribution is 2.18. The van der Waals surface area contributed by atoms with Crippen LogP contribution in [-0.4, -0.2) is 37.2 Å². The van der Waals surface area contributed by atoms with Gasteiger partial charge < -0.3 is 14.2 Å².